The van der Waals surface area contributed by atoms with Gasteiger partial charge in [-0.05, 0) is 18.2 Å². The van der Waals surface area contributed by atoms with E-state index < -0.39 is 36.1 Å². The molecule has 0 saturated carbocycles. The molecule has 1 amide bonds. The predicted molar refractivity (Wildman–Crippen MR) is 91.0 cm³/mol. The molecule has 1 aromatic carbocycles. The van der Waals surface area contributed by atoms with Gasteiger partial charge in [0, 0.05) is 11.8 Å². The third kappa shape index (κ3) is 3.96. The Kier molecular flexibility index (Phi) is 5.48. The van der Waals surface area contributed by atoms with Gasteiger partial charge >= 0.3 is 5.69 Å². The minimum absolute atomic E-state index is 0.0395. The van der Waals surface area contributed by atoms with Gasteiger partial charge in [-0.1, -0.05) is 18.2 Å². The Morgan fingerprint density at radius 3 is 2.70 bits per heavy atom. The van der Waals surface area contributed by atoms with Crippen LogP contribution in [-0.2, 0) is 4.74 Å². The molecule has 0 radical (unpaired) electrons. The number of hydrogen-bond donors (Lipinski definition) is 4. The van der Waals surface area contributed by atoms with Crippen LogP contribution in [-0.4, -0.2) is 50.5 Å². The highest BCUT2D eigenvalue weighted by atomic mass is 16.6. The van der Waals surface area contributed by atoms with Gasteiger partial charge in [0.15, 0.2) is 12.8 Å². The van der Waals surface area contributed by atoms with E-state index in [1.807, 2.05) is 0 Å². The molecule has 1 fully saturated rings. The number of aromatic nitrogens is 2. The number of amides is 1. The van der Waals surface area contributed by atoms with Crippen molar-refractivity contribution < 1.29 is 19.7 Å². The summed E-state index contributed by atoms with van der Waals surface area (Å²) in [5, 5.41) is 26.0. The van der Waals surface area contributed by atoms with Crippen LogP contribution in [0.15, 0.2) is 52.5 Å². The predicted octanol–water partition coefficient (Wildman–Crippen LogP) is -0.335. The summed E-state index contributed by atoms with van der Waals surface area (Å²) in [5.74, 6) is -0.383. The standard InChI is InChI=1S/C16H16N6O5/c17-21-18-8-10-12(23)13(24)15(27-10)22-7-6-11(20-16(22)26)19-14(25)9-4-2-1-3-5-9/h1-7,10,12-13,15,17,23-24H,8H2/p+1. The fourth-order valence-corrected chi connectivity index (χ4v) is 2.69. The van der Waals surface area contributed by atoms with Crippen LogP contribution in [0.5, 0.6) is 0 Å². The lowest BCUT2D eigenvalue weighted by atomic mass is 10.1. The van der Waals surface area contributed by atoms with E-state index in [0.717, 1.165) is 4.57 Å². The summed E-state index contributed by atoms with van der Waals surface area (Å²) in [5.41, 5.74) is 6.26. The van der Waals surface area contributed by atoms with Gasteiger partial charge in [0.1, 0.15) is 34.8 Å². The van der Waals surface area contributed by atoms with Crippen LogP contribution in [0.3, 0.4) is 0 Å². The van der Waals surface area contributed by atoms with Gasteiger partial charge in [-0.2, -0.15) is 4.98 Å². The van der Waals surface area contributed by atoms with Gasteiger partial charge in [-0.3, -0.25) is 9.36 Å². The smallest absolute Gasteiger partial charge is 0.351 e. The molecule has 11 nitrogen and oxygen atoms in total. The van der Waals surface area contributed by atoms with Crippen molar-refractivity contribution >= 4 is 11.7 Å². The number of benzene rings is 1. The second-order valence-electron chi connectivity index (χ2n) is 5.79. The van der Waals surface area contributed by atoms with Crippen molar-refractivity contribution in [1.29, 1.82) is 5.53 Å². The third-order valence-corrected chi connectivity index (χ3v) is 4.05. The molecular weight excluding hydrogens is 356 g/mol. The van der Waals surface area contributed by atoms with Gasteiger partial charge in [-0.25, -0.2) is 4.79 Å². The van der Waals surface area contributed by atoms with Crippen molar-refractivity contribution in [2.45, 2.75) is 24.5 Å². The molecule has 11 heteroatoms. The number of anilines is 1. The molecule has 1 aromatic heterocycles. The number of carbonyl (C=O) groups is 1. The van der Waals surface area contributed by atoms with Gasteiger partial charge in [0.05, 0.1) is 0 Å². The molecule has 3 rings (SSSR count). The molecule has 27 heavy (non-hydrogen) atoms. The summed E-state index contributed by atoms with van der Waals surface area (Å²) in [6, 6.07) is 9.81. The molecule has 4 atom stereocenters. The van der Waals surface area contributed by atoms with Crippen LogP contribution in [0, 0.1) is 5.53 Å². The highest BCUT2D eigenvalue weighted by molar-refractivity contribution is 6.03. The van der Waals surface area contributed by atoms with Crippen molar-refractivity contribution in [2.75, 3.05) is 11.9 Å². The minimum Gasteiger partial charge on any atom is -0.387 e. The first-order valence-electron chi connectivity index (χ1n) is 8.01. The Hall–Kier alpha value is -3.24. The van der Waals surface area contributed by atoms with Crippen LogP contribution >= 0.6 is 0 Å². The normalized spacial score (nSPS) is 24.2. The zero-order valence-corrected chi connectivity index (χ0v) is 14.0. The SMILES string of the molecule is N=[N+]=NCC1OC(n2ccc(NC(=O)c3ccccc3)nc2=O)C(O)C1O. The molecule has 4 unspecified atom stereocenters. The Bertz CT molecular complexity index is 926. The minimum atomic E-state index is -1.39. The molecule has 1 saturated heterocycles. The van der Waals surface area contributed by atoms with Crippen molar-refractivity contribution in [3.8, 4) is 0 Å². The number of aliphatic hydroxyl groups is 2. The lowest BCUT2D eigenvalue weighted by Crippen LogP contribution is -2.36. The van der Waals surface area contributed by atoms with Crippen molar-refractivity contribution in [3.63, 3.8) is 0 Å². The fourth-order valence-electron chi connectivity index (χ4n) is 2.69. The first-order chi connectivity index (χ1) is 13.0. The van der Waals surface area contributed by atoms with E-state index in [4.69, 9.17) is 10.3 Å². The molecule has 0 bridgehead atoms. The topological polar surface area (TPSA) is 164 Å². The van der Waals surface area contributed by atoms with Crippen LogP contribution < -0.4 is 15.9 Å². The summed E-state index contributed by atoms with van der Waals surface area (Å²) in [4.78, 5) is 31.0. The van der Waals surface area contributed by atoms with Crippen LogP contribution in [0.4, 0.5) is 5.82 Å². The van der Waals surface area contributed by atoms with Crippen LogP contribution in [0.1, 0.15) is 16.6 Å². The second kappa shape index (κ2) is 7.98. The molecule has 140 valence electrons. The highest BCUT2D eigenvalue weighted by Gasteiger charge is 2.44. The first-order valence-corrected chi connectivity index (χ1v) is 8.01. The molecule has 1 aliphatic rings. The molecule has 2 aromatic rings. The quantitative estimate of drug-likeness (QED) is 0.414. The second-order valence-corrected chi connectivity index (χ2v) is 5.79. The van der Waals surface area contributed by atoms with E-state index in [-0.39, 0.29) is 12.4 Å². The first kappa shape index (κ1) is 18.5. The van der Waals surface area contributed by atoms with Crippen LogP contribution in [0.2, 0.25) is 0 Å². The number of nitrogens with one attached hydrogen (secondary N) is 2. The summed E-state index contributed by atoms with van der Waals surface area (Å²) >= 11 is 0. The van der Waals surface area contributed by atoms with E-state index in [1.54, 1.807) is 30.3 Å². The van der Waals surface area contributed by atoms with Crippen molar-refractivity contribution in [1.82, 2.24) is 14.5 Å². The van der Waals surface area contributed by atoms with Gasteiger partial charge < -0.3 is 20.3 Å². The number of nitrogens with zero attached hydrogens (tertiary/aromatic N) is 4. The van der Waals surface area contributed by atoms with Crippen molar-refractivity contribution in [2.24, 2.45) is 5.11 Å². The number of carbonyl (C=O) groups excluding carboxylic acids is 1. The zero-order chi connectivity index (χ0) is 19.4. The monoisotopic (exact) mass is 373 g/mol. The van der Waals surface area contributed by atoms with E-state index in [0.29, 0.717) is 5.56 Å². The number of aliphatic hydroxyl groups excluding tert-OH is 2. The maximum absolute atomic E-state index is 12.3. The summed E-state index contributed by atoms with van der Waals surface area (Å²) < 4.78 is 6.45. The average Bonchev–Trinajstić information content (AvgIpc) is 2.95. The molecular formula is C16H17N6O5+. The lowest BCUT2D eigenvalue weighted by molar-refractivity contribution is -0.0373. The molecule has 0 aliphatic carbocycles. The largest absolute Gasteiger partial charge is 0.387 e. The average molecular weight is 373 g/mol. The Morgan fingerprint density at radius 2 is 2.04 bits per heavy atom. The Labute approximate surface area is 152 Å². The number of hydrogen-bond acceptors (Lipinski definition) is 8. The van der Waals surface area contributed by atoms with E-state index in [9.17, 15) is 19.8 Å². The highest BCUT2D eigenvalue weighted by Crippen LogP contribution is 2.28. The van der Waals surface area contributed by atoms with Crippen molar-refractivity contribution in [3.05, 3.63) is 58.6 Å². The van der Waals surface area contributed by atoms with Gasteiger partial charge in [0.2, 0.25) is 4.91 Å². The lowest BCUT2D eigenvalue weighted by Gasteiger charge is -2.17. The fraction of sp³-hybridized carbons (Fsp3) is 0.312. The van der Waals surface area contributed by atoms with Gasteiger partial charge in [0.25, 0.3) is 5.91 Å². The third-order valence-electron chi connectivity index (χ3n) is 4.05. The number of ether oxygens (including phenoxy) is 1. The Balaban J connectivity index is 1.76. The van der Waals surface area contributed by atoms with Gasteiger partial charge in [-0.15, -0.1) is 0 Å². The maximum Gasteiger partial charge on any atom is 0.351 e. The summed E-state index contributed by atoms with van der Waals surface area (Å²) in [6.07, 6.45) is -3.48. The van der Waals surface area contributed by atoms with E-state index in [1.165, 1.54) is 12.3 Å². The molecule has 2 heterocycles. The zero-order valence-electron chi connectivity index (χ0n) is 14.0. The van der Waals surface area contributed by atoms with Crippen LogP contribution in [0.25, 0.3) is 0 Å². The Morgan fingerprint density at radius 1 is 1.30 bits per heavy atom. The molecule has 1 aliphatic heterocycles. The number of rotatable bonds is 5. The summed E-state index contributed by atoms with van der Waals surface area (Å²) in [6.45, 7) is -0.133. The maximum atomic E-state index is 12.3. The summed E-state index contributed by atoms with van der Waals surface area (Å²) in [7, 11) is 0. The molecule has 4 N–H and O–H groups in total. The molecule has 0 spiro atoms. The van der Waals surface area contributed by atoms with E-state index in [2.05, 4.69) is 20.3 Å². The van der Waals surface area contributed by atoms with E-state index >= 15 is 0 Å².